The molecule has 0 aliphatic heterocycles. The van der Waals surface area contributed by atoms with Gasteiger partial charge in [0.05, 0.1) is 31.0 Å². The van der Waals surface area contributed by atoms with Crippen molar-refractivity contribution in [1.29, 1.82) is 0 Å². The van der Waals surface area contributed by atoms with E-state index in [1.54, 1.807) is 27.7 Å². The van der Waals surface area contributed by atoms with E-state index in [9.17, 15) is 25.5 Å². The third-order valence-electron chi connectivity index (χ3n) is 4.65. The Morgan fingerprint density at radius 3 is 1.17 bits per heavy atom. The molecule has 0 saturated heterocycles. The van der Waals surface area contributed by atoms with Crippen LogP contribution >= 0.6 is 0 Å². The summed E-state index contributed by atoms with van der Waals surface area (Å²) in [5.74, 6) is 0. The quantitative estimate of drug-likeness (QED) is 0.179. The molecule has 0 aromatic rings. The molecule has 29 heavy (non-hydrogen) atoms. The Morgan fingerprint density at radius 2 is 0.793 bits per heavy atom. The molecule has 4 atom stereocenters. The molecule has 5 N–H and O–H groups in total. The van der Waals surface area contributed by atoms with Crippen LogP contribution in [0.3, 0.4) is 0 Å². The van der Waals surface area contributed by atoms with Crippen molar-refractivity contribution in [1.82, 2.24) is 14.7 Å². The SMILES string of the molecule is CC(O)CN(CCO)CCCN(CCCCN(CC(C)O)CC(C)O)CC(C)O. The van der Waals surface area contributed by atoms with Crippen LogP contribution in [0.1, 0.15) is 47.0 Å². The van der Waals surface area contributed by atoms with Gasteiger partial charge in [0.2, 0.25) is 0 Å². The van der Waals surface area contributed by atoms with Crippen LogP contribution in [0, 0.1) is 0 Å². The molecule has 0 amide bonds. The number of aliphatic hydroxyl groups excluding tert-OH is 5. The normalized spacial score (nSPS) is 16.6. The Kier molecular flexibility index (Phi) is 17.2. The molecule has 0 saturated carbocycles. The van der Waals surface area contributed by atoms with Gasteiger partial charge in [-0.1, -0.05) is 0 Å². The first-order valence-electron chi connectivity index (χ1n) is 11.1. The van der Waals surface area contributed by atoms with Gasteiger partial charge < -0.3 is 30.4 Å². The van der Waals surface area contributed by atoms with E-state index in [-0.39, 0.29) is 12.7 Å². The van der Waals surface area contributed by atoms with Crippen LogP contribution < -0.4 is 0 Å². The third-order valence-corrected chi connectivity index (χ3v) is 4.65. The monoisotopic (exact) mass is 421 g/mol. The molecule has 0 heterocycles. The maximum Gasteiger partial charge on any atom is 0.0639 e. The lowest BCUT2D eigenvalue weighted by Crippen LogP contribution is -2.38. The zero-order chi connectivity index (χ0) is 22.2. The molecule has 8 heteroatoms. The van der Waals surface area contributed by atoms with Gasteiger partial charge in [-0.15, -0.1) is 0 Å². The molecule has 0 rings (SSSR count). The molecular weight excluding hydrogens is 374 g/mol. The maximum atomic E-state index is 9.80. The summed E-state index contributed by atoms with van der Waals surface area (Å²) >= 11 is 0. The minimum Gasteiger partial charge on any atom is -0.395 e. The molecule has 0 bridgehead atoms. The van der Waals surface area contributed by atoms with Crippen molar-refractivity contribution in [2.45, 2.75) is 71.4 Å². The van der Waals surface area contributed by atoms with E-state index in [0.29, 0.717) is 32.7 Å². The van der Waals surface area contributed by atoms with Gasteiger partial charge in [0.25, 0.3) is 0 Å². The van der Waals surface area contributed by atoms with E-state index in [0.717, 1.165) is 45.4 Å². The van der Waals surface area contributed by atoms with Crippen molar-refractivity contribution in [3.8, 4) is 0 Å². The van der Waals surface area contributed by atoms with Gasteiger partial charge in [0.15, 0.2) is 0 Å². The summed E-state index contributed by atoms with van der Waals surface area (Å²) in [4.78, 5) is 6.42. The molecule has 0 aromatic carbocycles. The Hall–Kier alpha value is -0.320. The van der Waals surface area contributed by atoms with Gasteiger partial charge in [-0.2, -0.15) is 0 Å². The van der Waals surface area contributed by atoms with Crippen LogP contribution in [-0.2, 0) is 0 Å². The molecule has 0 radical (unpaired) electrons. The summed E-state index contributed by atoms with van der Waals surface area (Å²) in [6, 6.07) is 0. The summed E-state index contributed by atoms with van der Waals surface area (Å²) < 4.78 is 0. The van der Waals surface area contributed by atoms with Gasteiger partial charge in [-0.3, -0.25) is 9.80 Å². The van der Waals surface area contributed by atoms with Crippen molar-refractivity contribution in [3.63, 3.8) is 0 Å². The first kappa shape index (κ1) is 28.7. The fraction of sp³-hybridized carbons (Fsp3) is 1.00. The van der Waals surface area contributed by atoms with E-state index >= 15 is 0 Å². The van der Waals surface area contributed by atoms with E-state index < -0.39 is 18.3 Å². The lowest BCUT2D eigenvalue weighted by Gasteiger charge is -2.28. The zero-order valence-electron chi connectivity index (χ0n) is 19.1. The van der Waals surface area contributed by atoms with E-state index in [4.69, 9.17) is 0 Å². The average Bonchev–Trinajstić information content (AvgIpc) is 2.56. The minimum atomic E-state index is -0.415. The second-order valence-corrected chi connectivity index (χ2v) is 8.54. The fourth-order valence-corrected chi connectivity index (χ4v) is 3.67. The van der Waals surface area contributed by atoms with Gasteiger partial charge in [0, 0.05) is 32.7 Å². The van der Waals surface area contributed by atoms with Crippen molar-refractivity contribution < 1.29 is 25.5 Å². The molecule has 0 aliphatic carbocycles. The first-order chi connectivity index (χ1) is 13.6. The second kappa shape index (κ2) is 17.4. The van der Waals surface area contributed by atoms with Gasteiger partial charge >= 0.3 is 0 Å². The number of hydrogen-bond acceptors (Lipinski definition) is 8. The Labute approximate surface area is 177 Å². The number of unbranched alkanes of at least 4 members (excludes halogenated alkanes) is 1. The second-order valence-electron chi connectivity index (χ2n) is 8.54. The van der Waals surface area contributed by atoms with E-state index in [1.165, 1.54) is 0 Å². The number of hydrogen-bond donors (Lipinski definition) is 5. The molecule has 0 spiro atoms. The molecule has 0 fully saturated rings. The molecule has 176 valence electrons. The topological polar surface area (TPSA) is 111 Å². The predicted molar refractivity (Wildman–Crippen MR) is 117 cm³/mol. The summed E-state index contributed by atoms with van der Waals surface area (Å²) in [6.45, 7) is 13.4. The van der Waals surface area contributed by atoms with Gasteiger partial charge in [0.1, 0.15) is 0 Å². The number of rotatable bonds is 19. The lowest BCUT2D eigenvalue weighted by molar-refractivity contribution is 0.0802. The Morgan fingerprint density at radius 1 is 0.483 bits per heavy atom. The maximum absolute atomic E-state index is 9.80. The Bertz CT molecular complexity index is 360. The van der Waals surface area contributed by atoms with Crippen LogP contribution in [0.25, 0.3) is 0 Å². The molecule has 4 unspecified atom stereocenters. The largest absolute Gasteiger partial charge is 0.395 e. The number of aliphatic hydroxyl groups is 5. The van der Waals surface area contributed by atoms with Gasteiger partial charge in [-0.05, 0) is 73.1 Å². The van der Waals surface area contributed by atoms with Crippen LogP contribution in [-0.4, -0.2) is 130 Å². The highest BCUT2D eigenvalue weighted by atomic mass is 16.3. The highest BCUT2D eigenvalue weighted by Gasteiger charge is 2.13. The zero-order valence-corrected chi connectivity index (χ0v) is 19.1. The van der Waals surface area contributed by atoms with Crippen LogP contribution in [0.5, 0.6) is 0 Å². The molecule has 0 aliphatic rings. The van der Waals surface area contributed by atoms with Crippen LogP contribution in [0.15, 0.2) is 0 Å². The summed E-state index contributed by atoms with van der Waals surface area (Å²) in [5.41, 5.74) is 0. The first-order valence-corrected chi connectivity index (χ1v) is 11.1. The number of nitrogens with zero attached hydrogens (tertiary/aromatic N) is 3. The smallest absolute Gasteiger partial charge is 0.0639 e. The summed E-state index contributed by atoms with van der Waals surface area (Å²) in [6.07, 6.45) is 1.23. The molecular formula is C21H47N3O5. The predicted octanol–water partition coefficient (Wildman–Crippen LogP) is -0.422. The van der Waals surface area contributed by atoms with Crippen molar-refractivity contribution in [2.24, 2.45) is 0 Å². The summed E-state index contributed by atoms with van der Waals surface area (Å²) in [7, 11) is 0. The fourth-order valence-electron chi connectivity index (χ4n) is 3.67. The van der Waals surface area contributed by atoms with Crippen LogP contribution in [0.4, 0.5) is 0 Å². The van der Waals surface area contributed by atoms with Crippen molar-refractivity contribution in [3.05, 3.63) is 0 Å². The highest BCUT2D eigenvalue weighted by Crippen LogP contribution is 2.04. The molecule has 8 nitrogen and oxygen atoms in total. The standard InChI is InChI=1S/C21H47N3O5/c1-18(26)14-22(10-7-11-23(12-13-25)15-19(2)27)8-5-6-9-24(16-20(3)28)17-21(4)29/h18-21,25-29H,5-17H2,1-4H3. The molecule has 0 aromatic heterocycles. The Balaban J connectivity index is 4.35. The van der Waals surface area contributed by atoms with E-state index in [1.807, 2.05) is 0 Å². The van der Waals surface area contributed by atoms with Crippen LogP contribution in [0.2, 0.25) is 0 Å². The van der Waals surface area contributed by atoms with Crippen molar-refractivity contribution >= 4 is 0 Å². The third kappa shape index (κ3) is 18.2. The average molecular weight is 422 g/mol. The van der Waals surface area contributed by atoms with E-state index in [2.05, 4.69) is 14.7 Å². The van der Waals surface area contributed by atoms with Gasteiger partial charge in [-0.25, -0.2) is 0 Å². The summed E-state index contributed by atoms with van der Waals surface area (Å²) in [5, 5.41) is 47.8. The highest BCUT2D eigenvalue weighted by molar-refractivity contribution is 4.68. The van der Waals surface area contributed by atoms with Crippen molar-refractivity contribution in [2.75, 3.05) is 65.5 Å². The lowest BCUT2D eigenvalue weighted by atomic mass is 10.2. The minimum absolute atomic E-state index is 0.0829.